The van der Waals surface area contributed by atoms with Gasteiger partial charge in [-0.15, -0.1) is 11.3 Å². The van der Waals surface area contributed by atoms with Crippen LogP contribution in [0.15, 0.2) is 34.5 Å². The minimum absolute atomic E-state index is 0.117. The molecule has 0 bridgehead atoms. The van der Waals surface area contributed by atoms with Gasteiger partial charge in [0.05, 0.1) is 29.5 Å². The number of carbonyl (C=O) groups excluding carboxylic acids is 1. The Labute approximate surface area is 109 Å². The lowest BCUT2D eigenvalue weighted by atomic mass is 10.2. The highest BCUT2D eigenvalue weighted by atomic mass is 32.1. The smallest absolute Gasteiger partial charge is 0.252 e. The molecule has 0 spiro atoms. The quantitative estimate of drug-likeness (QED) is 0.823. The topological polar surface area (TPSA) is 68.3 Å². The van der Waals surface area contributed by atoms with Crippen LogP contribution in [0.5, 0.6) is 0 Å². The van der Waals surface area contributed by atoms with Gasteiger partial charge in [-0.25, -0.2) is 0 Å². The summed E-state index contributed by atoms with van der Waals surface area (Å²) in [4.78, 5) is 12.7. The fraction of sp³-hybridized carbons (Fsp3) is 0.154. The Kier molecular flexibility index (Phi) is 4.18. The molecule has 0 saturated carbocycles. The minimum Gasteiger partial charge on any atom is -0.472 e. The van der Waals surface area contributed by atoms with Crippen molar-refractivity contribution in [3.05, 3.63) is 46.0 Å². The van der Waals surface area contributed by atoms with E-state index >= 15 is 0 Å². The summed E-state index contributed by atoms with van der Waals surface area (Å²) < 4.78 is 4.92. The zero-order chi connectivity index (χ0) is 12.8. The largest absolute Gasteiger partial charge is 0.472 e. The molecule has 4 nitrogen and oxygen atoms in total. The van der Waals surface area contributed by atoms with Crippen LogP contribution in [0.1, 0.15) is 20.8 Å². The maximum absolute atomic E-state index is 11.8. The molecule has 0 fully saturated rings. The minimum atomic E-state index is -0.117. The molecule has 2 heterocycles. The summed E-state index contributed by atoms with van der Waals surface area (Å²) in [6, 6.07) is 3.57. The Hall–Kier alpha value is -2.03. The van der Waals surface area contributed by atoms with E-state index in [9.17, 15) is 4.79 Å². The summed E-state index contributed by atoms with van der Waals surface area (Å²) in [6.07, 6.45) is 3.18. The van der Waals surface area contributed by atoms with Gasteiger partial charge in [0.2, 0.25) is 0 Å². The first kappa shape index (κ1) is 12.4. The highest BCUT2D eigenvalue weighted by Crippen LogP contribution is 2.13. The zero-order valence-electron chi connectivity index (χ0n) is 9.60. The first-order valence-corrected chi connectivity index (χ1v) is 6.24. The van der Waals surface area contributed by atoms with Crippen LogP contribution in [0.2, 0.25) is 0 Å². The predicted molar refractivity (Wildman–Crippen MR) is 70.1 cm³/mol. The van der Waals surface area contributed by atoms with Crippen molar-refractivity contribution in [1.29, 1.82) is 0 Å². The Morgan fingerprint density at radius 1 is 1.56 bits per heavy atom. The van der Waals surface area contributed by atoms with Crippen molar-refractivity contribution < 1.29 is 9.21 Å². The summed E-state index contributed by atoms with van der Waals surface area (Å²) in [7, 11) is 0. The molecule has 2 aromatic heterocycles. The standard InChI is InChI=1S/C13H12N2O2S/c14-4-1-2-12-6-11(9-18-12)13(16)15-7-10-3-5-17-8-10/h3,5-6,8-9H,4,7,14H2,(H,15,16). The zero-order valence-corrected chi connectivity index (χ0v) is 10.4. The van der Waals surface area contributed by atoms with Gasteiger partial charge in [-0.05, 0) is 12.1 Å². The molecule has 92 valence electrons. The number of hydrogen-bond donors (Lipinski definition) is 2. The Bertz CT molecular complexity index is 576. The Morgan fingerprint density at radius 3 is 3.17 bits per heavy atom. The number of amides is 1. The first-order chi connectivity index (χ1) is 8.79. The summed E-state index contributed by atoms with van der Waals surface area (Å²) in [6.45, 7) is 0.773. The van der Waals surface area contributed by atoms with Crippen molar-refractivity contribution in [3.63, 3.8) is 0 Å². The average molecular weight is 260 g/mol. The van der Waals surface area contributed by atoms with Crippen LogP contribution in [0, 0.1) is 11.8 Å². The Morgan fingerprint density at radius 2 is 2.44 bits per heavy atom. The maximum atomic E-state index is 11.8. The number of hydrogen-bond acceptors (Lipinski definition) is 4. The summed E-state index contributed by atoms with van der Waals surface area (Å²) in [5, 5.41) is 4.59. The number of nitrogens with one attached hydrogen (secondary N) is 1. The van der Waals surface area contributed by atoms with Gasteiger partial charge in [0.25, 0.3) is 5.91 Å². The molecule has 0 atom stereocenters. The normalized spacial score (nSPS) is 9.61. The van der Waals surface area contributed by atoms with E-state index in [2.05, 4.69) is 17.2 Å². The molecular formula is C13H12N2O2S. The van der Waals surface area contributed by atoms with E-state index in [-0.39, 0.29) is 5.91 Å². The van der Waals surface area contributed by atoms with Gasteiger partial charge in [0.1, 0.15) is 0 Å². The van der Waals surface area contributed by atoms with Crippen LogP contribution in [0.4, 0.5) is 0 Å². The first-order valence-electron chi connectivity index (χ1n) is 5.36. The van der Waals surface area contributed by atoms with E-state index in [4.69, 9.17) is 10.2 Å². The van der Waals surface area contributed by atoms with Gasteiger partial charge in [-0.1, -0.05) is 11.8 Å². The van der Waals surface area contributed by atoms with Gasteiger partial charge in [0.15, 0.2) is 0 Å². The number of rotatable bonds is 3. The molecule has 0 aromatic carbocycles. The van der Waals surface area contributed by atoms with E-state index in [0.717, 1.165) is 10.4 Å². The van der Waals surface area contributed by atoms with Crippen LogP contribution in [-0.4, -0.2) is 12.5 Å². The molecule has 0 aliphatic heterocycles. The maximum Gasteiger partial charge on any atom is 0.252 e. The van der Waals surface area contributed by atoms with Crippen molar-refractivity contribution in [2.45, 2.75) is 6.54 Å². The van der Waals surface area contributed by atoms with E-state index in [0.29, 0.717) is 18.7 Å². The van der Waals surface area contributed by atoms with Crippen LogP contribution >= 0.6 is 11.3 Å². The van der Waals surface area contributed by atoms with Crippen molar-refractivity contribution in [1.82, 2.24) is 5.32 Å². The second-order valence-electron chi connectivity index (χ2n) is 3.52. The van der Waals surface area contributed by atoms with Crippen molar-refractivity contribution >= 4 is 17.2 Å². The average Bonchev–Trinajstić information content (AvgIpc) is 3.04. The Balaban J connectivity index is 1.94. The van der Waals surface area contributed by atoms with Crippen molar-refractivity contribution in [2.75, 3.05) is 6.54 Å². The second kappa shape index (κ2) is 6.05. The van der Waals surface area contributed by atoms with Crippen molar-refractivity contribution in [2.24, 2.45) is 5.73 Å². The molecule has 0 unspecified atom stereocenters. The van der Waals surface area contributed by atoms with Crippen LogP contribution in [0.3, 0.4) is 0 Å². The summed E-state index contributed by atoms with van der Waals surface area (Å²) >= 11 is 1.43. The molecule has 3 N–H and O–H groups in total. The fourth-order valence-electron chi connectivity index (χ4n) is 1.34. The molecule has 5 heteroatoms. The van der Waals surface area contributed by atoms with Gasteiger partial charge in [0, 0.05) is 17.5 Å². The molecule has 0 aliphatic rings. The van der Waals surface area contributed by atoms with Gasteiger partial charge < -0.3 is 15.5 Å². The molecule has 2 rings (SSSR count). The third-order valence-corrected chi connectivity index (χ3v) is 3.05. The molecule has 1 amide bonds. The number of furan rings is 1. The van der Waals surface area contributed by atoms with Crippen LogP contribution in [0.25, 0.3) is 0 Å². The fourth-order valence-corrected chi connectivity index (χ4v) is 2.09. The van der Waals surface area contributed by atoms with Gasteiger partial charge in [-0.3, -0.25) is 4.79 Å². The molecule has 2 aromatic rings. The van der Waals surface area contributed by atoms with Crippen LogP contribution in [-0.2, 0) is 6.54 Å². The van der Waals surface area contributed by atoms with Gasteiger partial charge in [-0.2, -0.15) is 0 Å². The lowest BCUT2D eigenvalue weighted by Crippen LogP contribution is -2.21. The van der Waals surface area contributed by atoms with Crippen molar-refractivity contribution in [3.8, 4) is 11.8 Å². The lowest BCUT2D eigenvalue weighted by Gasteiger charge is -2.00. The van der Waals surface area contributed by atoms with E-state index in [1.807, 2.05) is 6.07 Å². The second-order valence-corrected chi connectivity index (χ2v) is 4.43. The number of thiophene rings is 1. The molecule has 0 saturated heterocycles. The van der Waals surface area contributed by atoms with E-state index in [1.165, 1.54) is 11.3 Å². The monoisotopic (exact) mass is 260 g/mol. The highest BCUT2D eigenvalue weighted by Gasteiger charge is 2.07. The number of nitrogens with two attached hydrogens (primary N) is 1. The third kappa shape index (κ3) is 3.23. The van der Waals surface area contributed by atoms with E-state index < -0.39 is 0 Å². The highest BCUT2D eigenvalue weighted by molar-refractivity contribution is 7.10. The third-order valence-electron chi connectivity index (χ3n) is 2.21. The van der Waals surface area contributed by atoms with E-state index in [1.54, 1.807) is 24.0 Å². The molecule has 0 radical (unpaired) electrons. The predicted octanol–water partition coefficient (Wildman–Crippen LogP) is 1.58. The number of carbonyl (C=O) groups is 1. The molecule has 18 heavy (non-hydrogen) atoms. The summed E-state index contributed by atoms with van der Waals surface area (Å²) in [5.74, 6) is 5.54. The summed E-state index contributed by atoms with van der Waals surface area (Å²) in [5.41, 5.74) is 6.84. The molecule has 0 aliphatic carbocycles. The lowest BCUT2D eigenvalue weighted by molar-refractivity contribution is 0.0951. The van der Waals surface area contributed by atoms with Crippen LogP contribution < -0.4 is 11.1 Å². The molecular weight excluding hydrogens is 248 g/mol. The van der Waals surface area contributed by atoms with Gasteiger partial charge >= 0.3 is 0 Å². The SMILES string of the molecule is NCC#Cc1cc(C(=O)NCc2ccoc2)cs1.